The van der Waals surface area contributed by atoms with E-state index >= 15 is 0 Å². The van der Waals surface area contributed by atoms with Crippen LogP contribution in [0, 0.1) is 0 Å². The van der Waals surface area contributed by atoms with Gasteiger partial charge in [0.1, 0.15) is 5.60 Å². The van der Waals surface area contributed by atoms with Crippen molar-refractivity contribution < 1.29 is 19.2 Å². The maximum absolute atomic E-state index is 12.6. The lowest BCUT2D eigenvalue weighted by Gasteiger charge is -2.21. The number of ether oxygens (including phenoxy) is 1. The van der Waals surface area contributed by atoms with Crippen LogP contribution in [0.25, 0.3) is 0 Å². The third-order valence-electron chi connectivity index (χ3n) is 4.04. The highest BCUT2D eigenvalue weighted by Crippen LogP contribution is 2.32. The lowest BCUT2D eigenvalue weighted by molar-refractivity contribution is -0.00346. The number of methoxy groups -OCH3 is 1. The number of carbonyl (C=O) groups excluding carboxylic acids is 1. The van der Waals surface area contributed by atoms with E-state index < -0.39 is 17.9 Å². The SMILES string of the molecule is C=CCC1C(O)N(c2cc(C(C)(C)OC)on2)C(=O)N1CC=C. The topological polar surface area (TPSA) is 79.0 Å². The van der Waals surface area contributed by atoms with Gasteiger partial charge in [-0.25, -0.2) is 9.69 Å². The van der Waals surface area contributed by atoms with Crippen LogP contribution in [0.4, 0.5) is 10.6 Å². The third-order valence-corrected chi connectivity index (χ3v) is 4.04. The predicted octanol–water partition coefficient (Wildman–Crippen LogP) is 2.25. The van der Waals surface area contributed by atoms with Crippen molar-refractivity contribution in [3.05, 3.63) is 37.1 Å². The van der Waals surface area contributed by atoms with E-state index in [0.29, 0.717) is 18.7 Å². The van der Waals surface area contributed by atoms with Gasteiger partial charge < -0.3 is 19.3 Å². The lowest BCUT2D eigenvalue weighted by atomic mass is 10.1. The highest BCUT2D eigenvalue weighted by atomic mass is 16.5. The summed E-state index contributed by atoms with van der Waals surface area (Å²) in [5.74, 6) is 0.723. The Morgan fingerprint density at radius 2 is 2.17 bits per heavy atom. The first-order valence-corrected chi connectivity index (χ1v) is 7.39. The summed E-state index contributed by atoms with van der Waals surface area (Å²) in [5, 5.41) is 14.5. The molecule has 0 aromatic carbocycles. The van der Waals surface area contributed by atoms with Crippen LogP contribution >= 0.6 is 0 Å². The van der Waals surface area contributed by atoms with Crippen LogP contribution in [-0.4, -0.2) is 47.1 Å². The van der Waals surface area contributed by atoms with Crippen molar-refractivity contribution in [2.24, 2.45) is 0 Å². The summed E-state index contributed by atoms with van der Waals surface area (Å²) < 4.78 is 10.6. The average molecular weight is 321 g/mol. The second kappa shape index (κ2) is 6.55. The summed E-state index contributed by atoms with van der Waals surface area (Å²) in [4.78, 5) is 15.4. The fraction of sp³-hybridized carbons (Fsp3) is 0.500. The minimum Gasteiger partial charge on any atom is -0.371 e. The van der Waals surface area contributed by atoms with Gasteiger partial charge in [0, 0.05) is 19.7 Å². The third kappa shape index (κ3) is 3.02. The van der Waals surface area contributed by atoms with Gasteiger partial charge in [-0.2, -0.15) is 0 Å². The summed E-state index contributed by atoms with van der Waals surface area (Å²) in [6.07, 6.45) is 2.71. The van der Waals surface area contributed by atoms with Gasteiger partial charge in [0.05, 0.1) is 6.04 Å². The number of carbonyl (C=O) groups is 1. The van der Waals surface area contributed by atoms with E-state index in [1.54, 1.807) is 25.3 Å². The molecule has 0 spiro atoms. The van der Waals surface area contributed by atoms with Crippen LogP contribution in [0.1, 0.15) is 26.0 Å². The van der Waals surface area contributed by atoms with Gasteiger partial charge in [-0.1, -0.05) is 17.3 Å². The summed E-state index contributed by atoms with van der Waals surface area (Å²) in [7, 11) is 1.56. The summed E-state index contributed by atoms with van der Waals surface area (Å²) in [6.45, 7) is 11.3. The number of nitrogens with zero attached hydrogens (tertiary/aromatic N) is 3. The quantitative estimate of drug-likeness (QED) is 0.779. The second-order valence-corrected chi connectivity index (χ2v) is 5.86. The second-order valence-electron chi connectivity index (χ2n) is 5.86. The zero-order valence-corrected chi connectivity index (χ0v) is 13.7. The molecule has 1 N–H and O–H groups in total. The van der Waals surface area contributed by atoms with Gasteiger partial charge >= 0.3 is 6.03 Å². The summed E-state index contributed by atoms with van der Waals surface area (Å²) in [5.41, 5.74) is -0.680. The molecule has 0 aliphatic carbocycles. The van der Waals surface area contributed by atoms with E-state index in [2.05, 4.69) is 18.3 Å². The van der Waals surface area contributed by atoms with Crippen molar-refractivity contribution in [3.8, 4) is 0 Å². The molecule has 0 saturated carbocycles. The molecule has 2 amide bonds. The highest BCUT2D eigenvalue weighted by Gasteiger charge is 2.46. The van der Waals surface area contributed by atoms with Crippen LogP contribution in [-0.2, 0) is 10.3 Å². The minimum absolute atomic E-state index is 0.253. The number of urea groups is 1. The molecule has 0 bridgehead atoms. The van der Waals surface area contributed by atoms with E-state index in [0.717, 1.165) is 0 Å². The minimum atomic E-state index is -1.04. The van der Waals surface area contributed by atoms with Crippen molar-refractivity contribution in [1.82, 2.24) is 10.1 Å². The zero-order chi connectivity index (χ0) is 17.2. The van der Waals surface area contributed by atoms with Gasteiger partial charge in [0.15, 0.2) is 17.8 Å². The fourth-order valence-electron chi connectivity index (χ4n) is 2.50. The number of hydrogen-bond acceptors (Lipinski definition) is 5. The first kappa shape index (κ1) is 17.2. The maximum Gasteiger partial charge on any atom is 0.328 e. The molecule has 2 heterocycles. The number of aromatic nitrogens is 1. The van der Waals surface area contributed by atoms with Crippen LogP contribution in [0.2, 0.25) is 0 Å². The Balaban J connectivity index is 2.33. The van der Waals surface area contributed by atoms with Crippen LogP contribution < -0.4 is 4.90 Å². The van der Waals surface area contributed by atoms with Crippen molar-refractivity contribution in [3.63, 3.8) is 0 Å². The monoisotopic (exact) mass is 321 g/mol. The Morgan fingerprint density at radius 3 is 2.74 bits per heavy atom. The van der Waals surface area contributed by atoms with Crippen molar-refractivity contribution in [2.75, 3.05) is 18.6 Å². The number of aliphatic hydroxyl groups excluding tert-OH is 1. The molecule has 2 unspecified atom stereocenters. The van der Waals surface area contributed by atoms with Crippen molar-refractivity contribution in [2.45, 2.75) is 38.1 Å². The molecular formula is C16H23N3O4. The van der Waals surface area contributed by atoms with Crippen molar-refractivity contribution >= 4 is 11.8 Å². The molecule has 1 fully saturated rings. The van der Waals surface area contributed by atoms with E-state index in [9.17, 15) is 9.90 Å². The summed E-state index contributed by atoms with van der Waals surface area (Å²) >= 11 is 0. The average Bonchev–Trinajstić information content (AvgIpc) is 3.08. The van der Waals surface area contributed by atoms with Crippen LogP contribution in [0.15, 0.2) is 35.9 Å². The molecule has 1 aromatic rings. The Morgan fingerprint density at radius 1 is 1.48 bits per heavy atom. The first-order valence-electron chi connectivity index (χ1n) is 7.39. The van der Waals surface area contributed by atoms with Gasteiger partial charge in [0.25, 0.3) is 0 Å². The molecule has 2 rings (SSSR count). The Kier molecular flexibility index (Phi) is 4.91. The Hall–Kier alpha value is -2.12. The highest BCUT2D eigenvalue weighted by molar-refractivity contribution is 5.94. The van der Waals surface area contributed by atoms with E-state index in [4.69, 9.17) is 9.26 Å². The lowest BCUT2D eigenvalue weighted by Crippen LogP contribution is -2.37. The van der Waals surface area contributed by atoms with Gasteiger partial charge in [-0.15, -0.1) is 13.2 Å². The van der Waals surface area contributed by atoms with E-state index in [1.807, 2.05) is 13.8 Å². The standard InChI is InChI=1S/C16H23N3O4/c1-6-8-11-14(20)19(15(21)18(11)9-7-2)13-10-12(23-17-13)16(3,4)22-5/h6-7,10-11,14,20H,1-2,8-9H2,3-5H3. The number of amides is 2. The van der Waals surface area contributed by atoms with Gasteiger partial charge in [0.2, 0.25) is 0 Å². The molecule has 1 aliphatic rings. The molecule has 23 heavy (non-hydrogen) atoms. The molecule has 7 heteroatoms. The molecule has 1 aromatic heterocycles. The Labute approximate surface area is 135 Å². The fourth-order valence-corrected chi connectivity index (χ4v) is 2.50. The van der Waals surface area contributed by atoms with Crippen molar-refractivity contribution in [1.29, 1.82) is 0 Å². The maximum atomic E-state index is 12.6. The number of rotatable bonds is 7. The number of aliphatic hydroxyl groups is 1. The molecule has 0 radical (unpaired) electrons. The largest absolute Gasteiger partial charge is 0.371 e. The van der Waals surface area contributed by atoms with Gasteiger partial charge in [-0.05, 0) is 20.3 Å². The summed E-state index contributed by atoms with van der Waals surface area (Å²) in [6, 6.07) is 0.848. The van der Waals surface area contributed by atoms with E-state index in [1.165, 1.54) is 9.80 Å². The van der Waals surface area contributed by atoms with Crippen LogP contribution in [0.3, 0.4) is 0 Å². The smallest absolute Gasteiger partial charge is 0.328 e. The molecule has 7 nitrogen and oxygen atoms in total. The number of anilines is 1. The number of hydrogen-bond donors (Lipinski definition) is 1. The Bertz CT molecular complexity index is 596. The van der Waals surface area contributed by atoms with Gasteiger partial charge in [-0.3, -0.25) is 0 Å². The molecule has 1 saturated heterocycles. The van der Waals surface area contributed by atoms with Crippen LogP contribution in [0.5, 0.6) is 0 Å². The normalized spacial score (nSPS) is 21.8. The predicted molar refractivity (Wildman–Crippen MR) is 85.9 cm³/mol. The zero-order valence-electron chi connectivity index (χ0n) is 13.7. The van der Waals surface area contributed by atoms with E-state index in [-0.39, 0.29) is 11.8 Å². The molecule has 2 atom stereocenters. The molecule has 1 aliphatic heterocycles. The molecular weight excluding hydrogens is 298 g/mol. The molecule has 126 valence electrons. The first-order chi connectivity index (χ1) is 10.9.